The number of likely N-dealkylation sites (tertiary alicyclic amines) is 1. The van der Waals surface area contributed by atoms with Crippen LogP contribution in [0.5, 0.6) is 0 Å². The molecule has 7 nitrogen and oxygen atoms in total. The lowest BCUT2D eigenvalue weighted by Gasteiger charge is -2.36. The van der Waals surface area contributed by atoms with E-state index in [0.717, 1.165) is 43.6 Å². The number of H-pyrrole nitrogens is 1. The third kappa shape index (κ3) is 4.18. The van der Waals surface area contributed by atoms with Crippen LogP contribution in [0.15, 0.2) is 46.8 Å². The van der Waals surface area contributed by atoms with Crippen LogP contribution in [-0.2, 0) is 19.5 Å². The number of piperidine rings is 1. The summed E-state index contributed by atoms with van der Waals surface area (Å²) < 4.78 is 0. The summed E-state index contributed by atoms with van der Waals surface area (Å²) in [6.07, 6.45) is 6.71. The van der Waals surface area contributed by atoms with Crippen LogP contribution >= 0.6 is 11.3 Å². The lowest BCUT2D eigenvalue weighted by atomic mass is 9.99. The van der Waals surface area contributed by atoms with Gasteiger partial charge in [-0.1, -0.05) is 6.07 Å². The second-order valence-electron chi connectivity index (χ2n) is 8.17. The number of pyridine rings is 1. The molecule has 0 saturated carbocycles. The molecule has 0 aliphatic carbocycles. The van der Waals surface area contributed by atoms with Crippen molar-refractivity contribution in [3.63, 3.8) is 0 Å². The van der Waals surface area contributed by atoms with E-state index in [4.69, 9.17) is 4.98 Å². The molecule has 160 valence electrons. The van der Waals surface area contributed by atoms with E-state index >= 15 is 0 Å². The largest absolute Gasteiger partial charge is 0.328 e. The van der Waals surface area contributed by atoms with Crippen LogP contribution in [0.3, 0.4) is 0 Å². The first-order valence-corrected chi connectivity index (χ1v) is 11.6. The number of rotatable bonds is 4. The molecule has 0 aromatic carbocycles. The van der Waals surface area contributed by atoms with Gasteiger partial charge in [0.1, 0.15) is 5.82 Å². The number of amides is 1. The summed E-state index contributed by atoms with van der Waals surface area (Å²) in [5, 5.41) is 2.09. The molecule has 1 fully saturated rings. The number of carbonyl (C=O) groups is 1. The summed E-state index contributed by atoms with van der Waals surface area (Å²) in [6, 6.07) is 7.54. The zero-order valence-electron chi connectivity index (χ0n) is 17.3. The highest BCUT2D eigenvalue weighted by atomic mass is 32.1. The Balaban J connectivity index is 1.42. The number of nitrogens with one attached hydrogen (secondary N) is 1. The molecule has 3 aromatic heterocycles. The highest BCUT2D eigenvalue weighted by molar-refractivity contribution is 7.09. The number of aromatic nitrogens is 3. The summed E-state index contributed by atoms with van der Waals surface area (Å²) in [7, 11) is 0. The van der Waals surface area contributed by atoms with Crippen molar-refractivity contribution in [3.8, 4) is 0 Å². The van der Waals surface area contributed by atoms with E-state index in [1.54, 1.807) is 35.9 Å². The Hall–Kier alpha value is -2.84. The molecule has 5 rings (SSSR count). The molecule has 1 amide bonds. The molecular weight excluding hydrogens is 410 g/mol. The molecule has 0 spiro atoms. The fourth-order valence-corrected chi connectivity index (χ4v) is 5.29. The van der Waals surface area contributed by atoms with Gasteiger partial charge in [0.15, 0.2) is 0 Å². The third-order valence-electron chi connectivity index (χ3n) is 6.12. The van der Waals surface area contributed by atoms with E-state index in [0.29, 0.717) is 30.9 Å². The van der Waals surface area contributed by atoms with Gasteiger partial charge in [-0.25, -0.2) is 4.98 Å². The molecule has 0 radical (unpaired) electrons. The first-order valence-electron chi connectivity index (χ1n) is 10.8. The van der Waals surface area contributed by atoms with E-state index < -0.39 is 0 Å². The molecule has 8 heteroatoms. The van der Waals surface area contributed by atoms with Crippen molar-refractivity contribution >= 4 is 17.2 Å². The zero-order valence-corrected chi connectivity index (χ0v) is 18.1. The Morgan fingerprint density at radius 1 is 1.23 bits per heavy atom. The van der Waals surface area contributed by atoms with Gasteiger partial charge in [0.2, 0.25) is 0 Å². The number of hydrogen-bond donors (Lipinski definition) is 1. The van der Waals surface area contributed by atoms with Crippen LogP contribution in [-0.4, -0.2) is 43.7 Å². The topological polar surface area (TPSA) is 82.2 Å². The summed E-state index contributed by atoms with van der Waals surface area (Å²) in [5.41, 5.74) is 2.14. The summed E-state index contributed by atoms with van der Waals surface area (Å²) in [4.78, 5) is 43.5. The second kappa shape index (κ2) is 8.72. The van der Waals surface area contributed by atoms with Crippen molar-refractivity contribution in [3.05, 3.63) is 79.9 Å². The molecule has 0 bridgehead atoms. The van der Waals surface area contributed by atoms with Crippen LogP contribution in [0, 0.1) is 0 Å². The molecule has 2 aliphatic rings. The second-order valence-corrected chi connectivity index (χ2v) is 9.20. The third-order valence-corrected chi connectivity index (χ3v) is 6.98. The Morgan fingerprint density at radius 2 is 2.16 bits per heavy atom. The molecule has 1 N–H and O–H groups in total. The van der Waals surface area contributed by atoms with E-state index in [-0.39, 0.29) is 17.5 Å². The highest BCUT2D eigenvalue weighted by Crippen LogP contribution is 2.30. The monoisotopic (exact) mass is 435 g/mol. The van der Waals surface area contributed by atoms with Gasteiger partial charge >= 0.3 is 0 Å². The molecule has 31 heavy (non-hydrogen) atoms. The molecule has 1 atom stereocenters. The lowest BCUT2D eigenvalue weighted by Crippen LogP contribution is -2.41. The average molecular weight is 436 g/mol. The lowest BCUT2D eigenvalue weighted by molar-refractivity contribution is 0.0598. The van der Waals surface area contributed by atoms with Crippen molar-refractivity contribution in [1.29, 1.82) is 0 Å². The fraction of sp³-hybridized carbons (Fsp3) is 0.391. The predicted octanol–water partition coefficient (Wildman–Crippen LogP) is 3.15. The molecular formula is C23H25N5O2S. The van der Waals surface area contributed by atoms with Crippen molar-refractivity contribution in [2.45, 2.75) is 44.8 Å². The van der Waals surface area contributed by atoms with Gasteiger partial charge in [-0.2, -0.15) is 0 Å². The molecule has 1 saturated heterocycles. The van der Waals surface area contributed by atoms with Crippen molar-refractivity contribution in [2.24, 2.45) is 0 Å². The number of nitrogens with zero attached hydrogens (tertiary/aromatic N) is 4. The van der Waals surface area contributed by atoms with Crippen LogP contribution in [0.4, 0.5) is 0 Å². The van der Waals surface area contributed by atoms with Crippen LogP contribution in [0.1, 0.15) is 57.6 Å². The zero-order chi connectivity index (χ0) is 21.2. The van der Waals surface area contributed by atoms with Gasteiger partial charge in [-0.3, -0.25) is 19.5 Å². The van der Waals surface area contributed by atoms with Crippen LogP contribution in [0.25, 0.3) is 0 Å². The van der Waals surface area contributed by atoms with Gasteiger partial charge in [-0.15, -0.1) is 11.3 Å². The van der Waals surface area contributed by atoms with Gasteiger partial charge in [0, 0.05) is 49.0 Å². The highest BCUT2D eigenvalue weighted by Gasteiger charge is 2.32. The van der Waals surface area contributed by atoms with Gasteiger partial charge < -0.3 is 9.88 Å². The number of thiophene rings is 1. The molecule has 2 aliphatic heterocycles. The van der Waals surface area contributed by atoms with E-state index in [2.05, 4.69) is 32.4 Å². The van der Waals surface area contributed by atoms with Gasteiger partial charge in [0.25, 0.3) is 11.5 Å². The molecule has 3 aromatic rings. The van der Waals surface area contributed by atoms with Crippen LogP contribution < -0.4 is 5.56 Å². The summed E-state index contributed by atoms with van der Waals surface area (Å²) in [5.74, 6) is 0.552. The Bertz CT molecular complexity index is 1110. The SMILES string of the molecule is O=C(c1cccnc1)N1CCCCC1c1nc2c(c(=O)[nH]1)CCN(Cc1cccs1)C2. The first kappa shape index (κ1) is 20.1. The number of fused-ring (bicyclic) bond motifs is 1. The minimum absolute atomic E-state index is 0.0579. The smallest absolute Gasteiger partial charge is 0.256 e. The summed E-state index contributed by atoms with van der Waals surface area (Å²) >= 11 is 1.75. The van der Waals surface area contributed by atoms with Crippen molar-refractivity contribution in [2.75, 3.05) is 13.1 Å². The van der Waals surface area contributed by atoms with Crippen molar-refractivity contribution in [1.82, 2.24) is 24.8 Å². The maximum atomic E-state index is 13.1. The standard InChI is InChI=1S/C23H25N5O2S/c29-22-18-8-11-27(14-17-6-4-12-31-17)15-19(18)25-21(26-22)20-7-1-2-10-28(20)23(30)16-5-3-9-24-13-16/h3-6,9,12-13,20H,1-2,7-8,10-11,14-15H2,(H,25,26,29). The Morgan fingerprint density at radius 3 is 2.97 bits per heavy atom. The maximum Gasteiger partial charge on any atom is 0.256 e. The van der Waals surface area contributed by atoms with E-state index in [1.807, 2.05) is 4.90 Å². The van der Waals surface area contributed by atoms with Crippen LogP contribution in [0.2, 0.25) is 0 Å². The van der Waals surface area contributed by atoms with E-state index in [9.17, 15) is 9.59 Å². The fourth-order valence-electron chi connectivity index (χ4n) is 4.54. The quantitative estimate of drug-likeness (QED) is 0.681. The number of aromatic amines is 1. The minimum atomic E-state index is -0.216. The number of carbonyl (C=O) groups excluding carboxylic acids is 1. The maximum absolute atomic E-state index is 13.1. The van der Waals surface area contributed by atoms with Gasteiger partial charge in [-0.05, 0) is 49.3 Å². The average Bonchev–Trinajstić information content (AvgIpc) is 3.32. The first-order chi connectivity index (χ1) is 15.2. The molecule has 1 unspecified atom stereocenters. The number of hydrogen-bond acceptors (Lipinski definition) is 6. The van der Waals surface area contributed by atoms with Gasteiger partial charge in [0.05, 0.1) is 17.3 Å². The Kier molecular flexibility index (Phi) is 5.65. The summed E-state index contributed by atoms with van der Waals surface area (Å²) in [6.45, 7) is 3.04. The predicted molar refractivity (Wildman–Crippen MR) is 119 cm³/mol. The Labute approximate surface area is 184 Å². The minimum Gasteiger partial charge on any atom is -0.328 e. The van der Waals surface area contributed by atoms with E-state index in [1.165, 1.54) is 4.88 Å². The normalized spacial score (nSPS) is 19.2. The molecule has 5 heterocycles. The van der Waals surface area contributed by atoms with Crippen molar-refractivity contribution < 1.29 is 4.79 Å².